The molecule has 1 amide bonds. The van der Waals surface area contributed by atoms with Crippen molar-refractivity contribution in [1.82, 2.24) is 5.32 Å². The van der Waals surface area contributed by atoms with Crippen molar-refractivity contribution >= 4 is 11.9 Å². The number of esters is 1. The van der Waals surface area contributed by atoms with E-state index in [2.05, 4.69) is 50.4 Å². The third-order valence-electron chi connectivity index (χ3n) is 11.3. The van der Waals surface area contributed by atoms with Crippen LogP contribution in [0, 0.1) is 0 Å². The Labute approximate surface area is 348 Å². The fraction of sp³-hybridized carbons (Fsp3) is 0.880. The molecule has 0 rings (SSSR count). The first-order chi connectivity index (χ1) is 27.5. The second kappa shape index (κ2) is 44.4. The number of unbranched alkanes of at least 4 members (excludes halogenated alkanes) is 28. The van der Waals surface area contributed by atoms with E-state index in [1.165, 1.54) is 148 Å². The van der Waals surface area contributed by atoms with Crippen LogP contribution < -0.4 is 5.32 Å². The molecule has 0 aliphatic carbocycles. The van der Waals surface area contributed by atoms with E-state index in [0.29, 0.717) is 19.3 Å². The van der Waals surface area contributed by atoms with Crippen LogP contribution in [0.2, 0.25) is 0 Å². The molecule has 0 aliphatic heterocycles. The highest BCUT2D eigenvalue weighted by Gasteiger charge is 2.24. The van der Waals surface area contributed by atoms with Gasteiger partial charge in [-0.05, 0) is 51.4 Å². The number of aliphatic hydroxyl groups excluding tert-OH is 2. The van der Waals surface area contributed by atoms with Crippen molar-refractivity contribution in [1.29, 1.82) is 0 Å². The monoisotopic (exact) mass is 790 g/mol. The highest BCUT2D eigenvalue weighted by molar-refractivity contribution is 5.77. The van der Waals surface area contributed by atoms with Gasteiger partial charge in [-0.2, -0.15) is 0 Å². The highest BCUT2D eigenvalue weighted by atomic mass is 16.5. The molecule has 0 bridgehead atoms. The van der Waals surface area contributed by atoms with E-state index >= 15 is 0 Å². The lowest BCUT2D eigenvalue weighted by molar-refractivity contribution is -0.151. The molecule has 0 spiro atoms. The molecule has 0 radical (unpaired) electrons. The van der Waals surface area contributed by atoms with Gasteiger partial charge in [0.15, 0.2) is 0 Å². The first kappa shape index (κ1) is 54.3. The summed E-state index contributed by atoms with van der Waals surface area (Å²) in [5.41, 5.74) is 0. The number of allylic oxidation sites excluding steroid dienone is 4. The van der Waals surface area contributed by atoms with Crippen molar-refractivity contribution in [2.24, 2.45) is 0 Å². The van der Waals surface area contributed by atoms with Gasteiger partial charge in [0, 0.05) is 6.42 Å². The Morgan fingerprint density at radius 1 is 0.536 bits per heavy atom. The van der Waals surface area contributed by atoms with Gasteiger partial charge in [0.1, 0.15) is 6.10 Å². The maximum absolute atomic E-state index is 13.1. The molecule has 0 heterocycles. The van der Waals surface area contributed by atoms with Gasteiger partial charge in [0.2, 0.25) is 5.91 Å². The Bertz CT molecular complexity index is 889. The van der Waals surface area contributed by atoms with Crippen molar-refractivity contribution in [3.63, 3.8) is 0 Å². The molecular formula is C50H95NO5. The summed E-state index contributed by atoms with van der Waals surface area (Å²) in [6, 6.07) is -0.696. The van der Waals surface area contributed by atoms with Crippen LogP contribution in [0.25, 0.3) is 0 Å². The van der Waals surface area contributed by atoms with Gasteiger partial charge in [-0.15, -0.1) is 0 Å². The molecule has 3 N–H and O–H groups in total. The van der Waals surface area contributed by atoms with Crippen molar-refractivity contribution in [2.45, 2.75) is 277 Å². The Balaban J connectivity index is 4.41. The van der Waals surface area contributed by atoms with Crippen LogP contribution in [-0.4, -0.2) is 46.9 Å². The predicted molar refractivity (Wildman–Crippen MR) is 241 cm³/mol. The number of amides is 1. The van der Waals surface area contributed by atoms with E-state index in [4.69, 9.17) is 4.74 Å². The van der Waals surface area contributed by atoms with Gasteiger partial charge in [-0.3, -0.25) is 9.59 Å². The molecule has 0 saturated carbocycles. The summed E-state index contributed by atoms with van der Waals surface area (Å²) in [5.74, 6) is -0.476. The number of carbonyl (C=O) groups is 2. The van der Waals surface area contributed by atoms with Crippen molar-refractivity contribution in [3.8, 4) is 0 Å². The van der Waals surface area contributed by atoms with E-state index in [1.807, 2.05) is 0 Å². The summed E-state index contributed by atoms with van der Waals surface area (Å²) in [4.78, 5) is 26.0. The van der Waals surface area contributed by atoms with Gasteiger partial charge in [0.25, 0.3) is 0 Å². The van der Waals surface area contributed by atoms with Crippen LogP contribution >= 0.6 is 0 Å². The average Bonchev–Trinajstić information content (AvgIpc) is 3.19. The van der Waals surface area contributed by atoms with Crippen molar-refractivity contribution in [3.05, 3.63) is 24.3 Å². The van der Waals surface area contributed by atoms with Crippen LogP contribution in [0.15, 0.2) is 24.3 Å². The molecule has 0 aromatic heterocycles. The molecule has 0 aromatic rings. The number of rotatable bonds is 44. The van der Waals surface area contributed by atoms with Crippen molar-refractivity contribution in [2.75, 3.05) is 6.61 Å². The zero-order chi connectivity index (χ0) is 41.0. The SMILES string of the molecule is CC/C=C/C/C=C/CCCCCCCCCC(=O)OC(CCCCCCCCCC)CC(=O)NC(CO)C(O)CCCCCCCCCCCCCCCCC. The molecular weight excluding hydrogens is 695 g/mol. The number of hydrogen-bond donors (Lipinski definition) is 3. The molecule has 330 valence electrons. The standard InChI is InChI=1S/C50H95NO5/c1-4-7-10-13-16-19-21-23-25-26-28-30-33-36-39-42-48(53)47(45-52)51-49(54)44-46(41-38-35-32-18-15-12-9-6-3)56-50(55)43-40-37-34-31-29-27-24-22-20-17-14-11-8-5-2/h8,11,17,20,46-48,52-53H,4-7,9-10,12-16,18-19,21-45H2,1-3H3,(H,51,54)/b11-8+,20-17+. The number of ether oxygens (including phenoxy) is 1. The fourth-order valence-corrected chi connectivity index (χ4v) is 7.59. The minimum absolute atomic E-state index is 0.0784. The average molecular weight is 790 g/mol. The Kier molecular flexibility index (Phi) is 43.1. The van der Waals surface area contributed by atoms with Gasteiger partial charge < -0.3 is 20.3 Å². The molecule has 0 aliphatic rings. The van der Waals surface area contributed by atoms with Crippen LogP contribution in [0.5, 0.6) is 0 Å². The van der Waals surface area contributed by atoms with Crippen molar-refractivity contribution < 1.29 is 24.5 Å². The Morgan fingerprint density at radius 3 is 1.45 bits per heavy atom. The lowest BCUT2D eigenvalue weighted by Crippen LogP contribution is -2.46. The van der Waals surface area contributed by atoms with E-state index in [1.54, 1.807) is 0 Å². The minimum atomic E-state index is -0.783. The summed E-state index contributed by atoms with van der Waals surface area (Å²) in [5, 5.41) is 23.7. The lowest BCUT2D eigenvalue weighted by Gasteiger charge is -2.24. The maximum atomic E-state index is 13.1. The Hall–Kier alpha value is -1.66. The zero-order valence-electron chi connectivity index (χ0n) is 37.5. The predicted octanol–water partition coefficient (Wildman–Crippen LogP) is 14.3. The van der Waals surface area contributed by atoms with Gasteiger partial charge in [-0.1, -0.05) is 218 Å². The number of nitrogens with one attached hydrogen (secondary N) is 1. The first-order valence-electron chi connectivity index (χ1n) is 24.6. The molecule has 6 heteroatoms. The van der Waals surface area contributed by atoms with Gasteiger partial charge >= 0.3 is 5.97 Å². The van der Waals surface area contributed by atoms with Crippen LogP contribution in [0.4, 0.5) is 0 Å². The zero-order valence-corrected chi connectivity index (χ0v) is 37.5. The lowest BCUT2D eigenvalue weighted by atomic mass is 10.0. The second-order valence-electron chi connectivity index (χ2n) is 16.8. The van der Waals surface area contributed by atoms with E-state index in [9.17, 15) is 19.8 Å². The van der Waals surface area contributed by atoms with Gasteiger partial charge in [-0.25, -0.2) is 0 Å². The third-order valence-corrected chi connectivity index (χ3v) is 11.3. The largest absolute Gasteiger partial charge is 0.462 e. The summed E-state index contributed by atoms with van der Waals surface area (Å²) in [6.45, 7) is 6.37. The topological polar surface area (TPSA) is 95.9 Å². The minimum Gasteiger partial charge on any atom is -0.462 e. The maximum Gasteiger partial charge on any atom is 0.306 e. The highest BCUT2D eigenvalue weighted by Crippen LogP contribution is 2.18. The van der Waals surface area contributed by atoms with Crippen LogP contribution in [0.1, 0.15) is 258 Å². The third kappa shape index (κ3) is 39.2. The first-order valence-corrected chi connectivity index (χ1v) is 24.6. The summed E-state index contributed by atoms with van der Waals surface area (Å²) in [6.07, 6.45) is 49.6. The van der Waals surface area contributed by atoms with E-state index in [-0.39, 0.29) is 24.9 Å². The fourth-order valence-electron chi connectivity index (χ4n) is 7.59. The molecule has 6 nitrogen and oxygen atoms in total. The number of hydrogen-bond acceptors (Lipinski definition) is 5. The number of aliphatic hydroxyl groups is 2. The van der Waals surface area contributed by atoms with Crippen LogP contribution in [-0.2, 0) is 14.3 Å². The number of carbonyl (C=O) groups excluding carboxylic acids is 2. The smallest absolute Gasteiger partial charge is 0.306 e. The molecule has 0 saturated heterocycles. The molecule has 3 atom stereocenters. The summed E-state index contributed by atoms with van der Waals surface area (Å²) < 4.78 is 5.89. The quantitative estimate of drug-likeness (QED) is 0.0324. The molecule has 3 unspecified atom stereocenters. The molecule has 0 aromatic carbocycles. The summed E-state index contributed by atoms with van der Waals surface area (Å²) >= 11 is 0. The Morgan fingerprint density at radius 2 is 0.964 bits per heavy atom. The molecule has 56 heavy (non-hydrogen) atoms. The second-order valence-corrected chi connectivity index (χ2v) is 16.8. The van der Waals surface area contributed by atoms with Gasteiger partial charge in [0.05, 0.1) is 25.2 Å². The molecule has 0 fully saturated rings. The van der Waals surface area contributed by atoms with E-state index in [0.717, 1.165) is 64.2 Å². The van der Waals surface area contributed by atoms with E-state index < -0.39 is 18.2 Å². The normalized spacial score (nSPS) is 13.4. The van der Waals surface area contributed by atoms with Crippen LogP contribution in [0.3, 0.4) is 0 Å². The summed E-state index contributed by atoms with van der Waals surface area (Å²) in [7, 11) is 0.